The highest BCUT2D eigenvalue weighted by Crippen LogP contribution is 2.29. The molecule has 0 spiro atoms. The van der Waals surface area contributed by atoms with Crippen molar-refractivity contribution in [1.82, 2.24) is 10.2 Å². The lowest BCUT2D eigenvalue weighted by Crippen LogP contribution is -1.78. The fourth-order valence-electron chi connectivity index (χ4n) is 1.86. The molecule has 0 aliphatic rings. The fraction of sp³-hybridized carbons (Fsp3) is 0. The molecule has 0 saturated carbocycles. The third-order valence-corrected chi connectivity index (χ3v) is 2.88. The Labute approximate surface area is 103 Å². The maximum Gasteiger partial charge on any atom is 0.117 e. The lowest BCUT2D eigenvalue weighted by Gasteiger charge is -1.98. The third-order valence-electron chi connectivity index (χ3n) is 2.64. The zero-order valence-corrected chi connectivity index (χ0v) is 9.57. The second kappa shape index (κ2) is 3.79. The molecule has 3 nitrogen and oxygen atoms in total. The Morgan fingerprint density at radius 3 is 2.82 bits per heavy atom. The molecular formula is C13H9ClN2O. The van der Waals surface area contributed by atoms with Crippen LogP contribution in [0.3, 0.4) is 0 Å². The number of halogens is 1. The van der Waals surface area contributed by atoms with Gasteiger partial charge >= 0.3 is 0 Å². The summed E-state index contributed by atoms with van der Waals surface area (Å²) in [5.41, 5.74) is 2.59. The van der Waals surface area contributed by atoms with Gasteiger partial charge in [-0.3, -0.25) is 5.10 Å². The first-order valence-electron chi connectivity index (χ1n) is 5.17. The molecule has 0 unspecified atom stereocenters. The van der Waals surface area contributed by atoms with Gasteiger partial charge in [-0.25, -0.2) is 0 Å². The summed E-state index contributed by atoms with van der Waals surface area (Å²) >= 11 is 5.96. The topological polar surface area (TPSA) is 48.9 Å². The molecule has 0 saturated heterocycles. The number of phenols is 1. The number of rotatable bonds is 1. The van der Waals surface area contributed by atoms with E-state index < -0.39 is 0 Å². The second-order valence-electron chi connectivity index (χ2n) is 3.81. The molecule has 1 aromatic heterocycles. The van der Waals surface area contributed by atoms with E-state index in [1.54, 1.807) is 12.1 Å². The molecule has 2 N–H and O–H groups in total. The van der Waals surface area contributed by atoms with E-state index in [0.717, 1.165) is 22.2 Å². The van der Waals surface area contributed by atoms with Crippen LogP contribution in [0.2, 0.25) is 5.02 Å². The summed E-state index contributed by atoms with van der Waals surface area (Å²) in [5.74, 6) is 0.221. The van der Waals surface area contributed by atoms with E-state index in [-0.39, 0.29) is 5.75 Å². The van der Waals surface area contributed by atoms with Gasteiger partial charge in [0, 0.05) is 22.0 Å². The lowest BCUT2D eigenvalue weighted by molar-refractivity contribution is 0.476. The molecular weight excluding hydrogens is 236 g/mol. The number of fused-ring (bicyclic) bond motifs is 1. The molecule has 3 rings (SSSR count). The first kappa shape index (κ1) is 10.2. The van der Waals surface area contributed by atoms with E-state index in [0.29, 0.717) is 5.02 Å². The Bertz CT molecular complexity index is 691. The third kappa shape index (κ3) is 1.74. The maximum atomic E-state index is 9.39. The van der Waals surface area contributed by atoms with Crippen molar-refractivity contribution in [2.24, 2.45) is 0 Å². The van der Waals surface area contributed by atoms with Gasteiger partial charge in [-0.2, -0.15) is 5.10 Å². The summed E-state index contributed by atoms with van der Waals surface area (Å²) in [5, 5.41) is 18.2. The van der Waals surface area contributed by atoms with E-state index >= 15 is 0 Å². The molecule has 2 aromatic carbocycles. The van der Waals surface area contributed by atoms with Crippen LogP contribution < -0.4 is 0 Å². The van der Waals surface area contributed by atoms with Gasteiger partial charge < -0.3 is 5.11 Å². The summed E-state index contributed by atoms with van der Waals surface area (Å²) < 4.78 is 0. The summed E-state index contributed by atoms with van der Waals surface area (Å²) in [7, 11) is 0. The Kier molecular flexibility index (Phi) is 2.27. The van der Waals surface area contributed by atoms with Gasteiger partial charge in [0.2, 0.25) is 0 Å². The van der Waals surface area contributed by atoms with Crippen molar-refractivity contribution in [3.05, 3.63) is 47.5 Å². The van der Waals surface area contributed by atoms with Crippen LogP contribution in [0.25, 0.3) is 22.2 Å². The largest absolute Gasteiger partial charge is 0.508 e. The predicted octanol–water partition coefficient (Wildman–Crippen LogP) is 3.59. The Balaban J connectivity index is 2.24. The molecule has 0 aliphatic heterocycles. The van der Waals surface area contributed by atoms with Crippen LogP contribution in [0, 0.1) is 0 Å². The van der Waals surface area contributed by atoms with Gasteiger partial charge in [0.25, 0.3) is 0 Å². The van der Waals surface area contributed by atoms with Crippen molar-refractivity contribution in [2.45, 2.75) is 0 Å². The predicted molar refractivity (Wildman–Crippen MR) is 68.2 cm³/mol. The molecule has 4 heteroatoms. The van der Waals surface area contributed by atoms with Crippen LogP contribution in [0.4, 0.5) is 0 Å². The number of H-pyrrole nitrogens is 1. The fourth-order valence-corrected chi connectivity index (χ4v) is 2.05. The monoisotopic (exact) mass is 244 g/mol. The van der Waals surface area contributed by atoms with Crippen LogP contribution in [0.1, 0.15) is 0 Å². The van der Waals surface area contributed by atoms with Crippen molar-refractivity contribution >= 4 is 22.5 Å². The molecule has 0 bridgehead atoms. The number of benzene rings is 2. The van der Waals surface area contributed by atoms with E-state index in [1.165, 1.54) is 0 Å². The van der Waals surface area contributed by atoms with Crippen LogP contribution in [0.15, 0.2) is 42.5 Å². The Morgan fingerprint density at radius 1 is 1.12 bits per heavy atom. The summed E-state index contributed by atoms with van der Waals surface area (Å²) in [6.45, 7) is 0. The van der Waals surface area contributed by atoms with Crippen LogP contribution in [-0.2, 0) is 0 Å². The normalized spacial score (nSPS) is 10.9. The molecule has 0 fully saturated rings. The molecule has 17 heavy (non-hydrogen) atoms. The Morgan fingerprint density at radius 2 is 2.00 bits per heavy atom. The van der Waals surface area contributed by atoms with Gasteiger partial charge in [0.1, 0.15) is 5.75 Å². The lowest BCUT2D eigenvalue weighted by atomic mass is 10.1. The minimum atomic E-state index is 0.221. The molecule has 1 heterocycles. The number of aromatic amines is 1. The molecule has 0 aliphatic carbocycles. The van der Waals surface area contributed by atoms with E-state index in [9.17, 15) is 5.11 Å². The second-order valence-corrected chi connectivity index (χ2v) is 4.25. The molecule has 84 valence electrons. The quantitative estimate of drug-likeness (QED) is 0.687. The number of phenolic OH excluding ortho intramolecular Hbond substituents is 1. The van der Waals surface area contributed by atoms with Crippen LogP contribution >= 0.6 is 11.6 Å². The number of aromatic nitrogens is 2. The minimum Gasteiger partial charge on any atom is -0.508 e. The van der Waals surface area contributed by atoms with Crippen molar-refractivity contribution in [1.29, 1.82) is 0 Å². The molecule has 0 amide bonds. The summed E-state index contributed by atoms with van der Waals surface area (Å²) in [4.78, 5) is 0. The highest BCUT2D eigenvalue weighted by atomic mass is 35.5. The van der Waals surface area contributed by atoms with Gasteiger partial charge in [0.15, 0.2) is 0 Å². The molecule has 0 atom stereocenters. The minimum absolute atomic E-state index is 0.221. The highest BCUT2D eigenvalue weighted by molar-refractivity contribution is 6.30. The average molecular weight is 245 g/mol. The smallest absolute Gasteiger partial charge is 0.117 e. The van der Waals surface area contributed by atoms with Gasteiger partial charge in [-0.15, -0.1) is 0 Å². The summed E-state index contributed by atoms with van der Waals surface area (Å²) in [6.07, 6.45) is 0. The van der Waals surface area contributed by atoms with E-state index in [1.807, 2.05) is 30.3 Å². The highest BCUT2D eigenvalue weighted by Gasteiger charge is 2.08. The van der Waals surface area contributed by atoms with Gasteiger partial charge in [-0.05, 0) is 24.3 Å². The van der Waals surface area contributed by atoms with Crippen LogP contribution in [0.5, 0.6) is 5.75 Å². The first-order valence-corrected chi connectivity index (χ1v) is 5.55. The van der Waals surface area contributed by atoms with E-state index in [2.05, 4.69) is 10.2 Å². The number of nitrogens with zero attached hydrogens (tertiary/aromatic N) is 1. The standard InChI is InChI=1S/C13H9ClN2O/c14-9-3-1-2-8(6-9)13-11-5-4-10(17)7-12(11)15-16-13/h1-7,17H,(H,15,16). The number of aromatic hydroxyl groups is 1. The Hall–Kier alpha value is -2.00. The van der Waals surface area contributed by atoms with Crippen molar-refractivity contribution in [2.75, 3.05) is 0 Å². The number of hydrogen-bond donors (Lipinski definition) is 2. The van der Waals surface area contributed by atoms with Crippen molar-refractivity contribution in [3.8, 4) is 17.0 Å². The maximum absolute atomic E-state index is 9.39. The number of nitrogens with one attached hydrogen (secondary N) is 1. The zero-order chi connectivity index (χ0) is 11.8. The van der Waals surface area contributed by atoms with E-state index in [4.69, 9.17) is 11.6 Å². The SMILES string of the molecule is Oc1ccc2c(-c3cccc(Cl)c3)n[nH]c2c1. The zero-order valence-electron chi connectivity index (χ0n) is 8.81. The molecule has 3 aromatic rings. The van der Waals surface area contributed by atoms with Crippen molar-refractivity contribution in [3.63, 3.8) is 0 Å². The van der Waals surface area contributed by atoms with Gasteiger partial charge in [0.05, 0.1) is 11.2 Å². The molecule has 0 radical (unpaired) electrons. The first-order chi connectivity index (χ1) is 8.24. The number of hydrogen-bond acceptors (Lipinski definition) is 2. The van der Waals surface area contributed by atoms with Gasteiger partial charge in [-0.1, -0.05) is 23.7 Å². The van der Waals surface area contributed by atoms with Crippen molar-refractivity contribution < 1.29 is 5.11 Å². The van der Waals surface area contributed by atoms with Crippen LogP contribution in [-0.4, -0.2) is 15.3 Å². The average Bonchev–Trinajstić information content (AvgIpc) is 2.71. The summed E-state index contributed by atoms with van der Waals surface area (Å²) in [6, 6.07) is 12.7.